The summed E-state index contributed by atoms with van der Waals surface area (Å²) in [4.78, 5) is 16.1. The van der Waals surface area contributed by atoms with Gasteiger partial charge < -0.3 is 16.0 Å². The Hall–Kier alpha value is -4.91. The summed E-state index contributed by atoms with van der Waals surface area (Å²) in [5.41, 5.74) is 16.5. The average Bonchev–Trinajstić information content (AvgIpc) is 3.55. The van der Waals surface area contributed by atoms with Gasteiger partial charge in [-0.3, -0.25) is 9.89 Å². The molecular formula is C38H44FN5O. The van der Waals surface area contributed by atoms with E-state index >= 15 is 0 Å². The van der Waals surface area contributed by atoms with Crippen molar-refractivity contribution in [1.82, 2.24) is 20.5 Å². The first-order chi connectivity index (χ1) is 21.6. The predicted molar refractivity (Wildman–Crippen MR) is 184 cm³/mol. The van der Waals surface area contributed by atoms with Crippen LogP contribution in [-0.4, -0.2) is 21.1 Å². The van der Waals surface area contributed by atoms with Crippen LogP contribution in [0.1, 0.15) is 77.1 Å². The van der Waals surface area contributed by atoms with Crippen LogP contribution in [0.4, 0.5) is 4.39 Å². The number of halogens is 1. The summed E-state index contributed by atoms with van der Waals surface area (Å²) < 4.78 is 13.7. The summed E-state index contributed by atoms with van der Waals surface area (Å²) in [5.74, 6) is -0.253. The molecule has 0 saturated carbocycles. The van der Waals surface area contributed by atoms with E-state index in [4.69, 9.17) is 10.8 Å². The summed E-state index contributed by atoms with van der Waals surface area (Å²) in [5, 5.41) is 12.4. The quantitative estimate of drug-likeness (QED) is 0.140. The van der Waals surface area contributed by atoms with E-state index in [-0.39, 0.29) is 11.7 Å². The maximum absolute atomic E-state index is 13.7. The number of amides is 1. The highest BCUT2D eigenvalue weighted by Crippen LogP contribution is 2.32. The fraction of sp³-hybridized carbons (Fsp3) is 0.263. The highest BCUT2D eigenvalue weighted by molar-refractivity contribution is 5.85. The third-order valence-electron chi connectivity index (χ3n) is 7.60. The normalized spacial score (nSPS) is 14.2. The highest BCUT2D eigenvalue weighted by atomic mass is 19.1. The first-order valence-corrected chi connectivity index (χ1v) is 15.4. The van der Waals surface area contributed by atoms with Crippen molar-refractivity contribution in [2.75, 3.05) is 0 Å². The number of carbonyl (C=O) groups is 1. The number of nitrogens with one attached hydrogen (secondary N) is 3. The number of hydrogen-bond donors (Lipinski definition) is 4. The Morgan fingerprint density at radius 2 is 1.93 bits per heavy atom. The number of allylic oxidation sites excluding steroid dienone is 10. The lowest BCUT2D eigenvalue weighted by Gasteiger charge is -2.11. The standard InChI is InChI=1S/C38H44FN5O/c1-7-8-13-37(45)41-26(6)20-28(15-14-24(2)3)31(25(4)5)21-33-36(23-40)43-44-38(33)35-22-32-30(11-9-10-12-34(32)42-35)27-16-18-29(39)19-17-27/h9-11,15-23,42-43H,2,7-8,12-14,40H2,1,3-6H3,(H,41,45)/b26-20+,28-15+,33-21+,36-23+. The molecule has 45 heavy (non-hydrogen) atoms. The molecule has 0 atom stereocenters. The van der Waals surface area contributed by atoms with Gasteiger partial charge in [-0.1, -0.05) is 67.5 Å². The number of nitrogens with two attached hydrogens (primary N) is 1. The van der Waals surface area contributed by atoms with Gasteiger partial charge in [0.1, 0.15) is 11.5 Å². The molecule has 3 aromatic rings. The molecule has 0 saturated heterocycles. The van der Waals surface area contributed by atoms with Crippen molar-refractivity contribution in [3.05, 3.63) is 128 Å². The number of benzene rings is 1. The zero-order valence-corrected chi connectivity index (χ0v) is 27.0. The van der Waals surface area contributed by atoms with E-state index < -0.39 is 0 Å². The summed E-state index contributed by atoms with van der Waals surface area (Å²) in [7, 11) is 0. The van der Waals surface area contributed by atoms with Crippen molar-refractivity contribution in [3.63, 3.8) is 0 Å². The SMILES string of the molecule is C=C(C)C/C=C(\C=C(/C)NC(=O)CCCC)C(/C=c1/c(-c2cc3c([nH]2)CC=CC=C3c2ccc(F)cc2)n[nH]/c1=C/N)=C(C)C. The lowest BCUT2D eigenvalue weighted by atomic mass is 9.96. The van der Waals surface area contributed by atoms with Crippen molar-refractivity contribution in [1.29, 1.82) is 0 Å². The zero-order valence-electron chi connectivity index (χ0n) is 27.0. The van der Waals surface area contributed by atoms with Crippen LogP contribution in [0.2, 0.25) is 0 Å². The van der Waals surface area contributed by atoms with Crippen LogP contribution in [-0.2, 0) is 11.2 Å². The Morgan fingerprint density at radius 1 is 1.18 bits per heavy atom. The van der Waals surface area contributed by atoms with Crippen LogP contribution in [0.15, 0.2) is 95.3 Å². The van der Waals surface area contributed by atoms with Crippen molar-refractivity contribution < 1.29 is 9.18 Å². The summed E-state index contributed by atoms with van der Waals surface area (Å²) >= 11 is 0. The van der Waals surface area contributed by atoms with Gasteiger partial charge >= 0.3 is 0 Å². The Bertz CT molecular complexity index is 1840. The van der Waals surface area contributed by atoms with E-state index in [2.05, 4.69) is 73.1 Å². The van der Waals surface area contributed by atoms with E-state index in [1.165, 1.54) is 18.3 Å². The van der Waals surface area contributed by atoms with Crippen LogP contribution in [0.5, 0.6) is 0 Å². The highest BCUT2D eigenvalue weighted by Gasteiger charge is 2.18. The molecule has 6 nitrogen and oxygen atoms in total. The topological polar surface area (TPSA) is 99.6 Å². The Kier molecular flexibility index (Phi) is 11.1. The van der Waals surface area contributed by atoms with Crippen molar-refractivity contribution in [3.8, 4) is 11.4 Å². The van der Waals surface area contributed by atoms with Crippen molar-refractivity contribution >= 4 is 23.8 Å². The lowest BCUT2D eigenvalue weighted by molar-refractivity contribution is -0.120. The fourth-order valence-corrected chi connectivity index (χ4v) is 5.27. The molecule has 7 heteroatoms. The number of carbonyl (C=O) groups excluding carboxylic acids is 1. The average molecular weight is 606 g/mol. The monoisotopic (exact) mass is 605 g/mol. The smallest absolute Gasteiger partial charge is 0.224 e. The van der Waals surface area contributed by atoms with Crippen LogP contribution in [0.3, 0.4) is 0 Å². The third-order valence-corrected chi connectivity index (χ3v) is 7.60. The number of aromatic amines is 2. The minimum Gasteiger partial charge on any atom is -0.403 e. The van der Waals surface area contributed by atoms with Crippen LogP contribution < -0.4 is 21.6 Å². The van der Waals surface area contributed by atoms with E-state index in [0.29, 0.717) is 18.2 Å². The molecule has 0 radical (unpaired) electrons. The summed E-state index contributed by atoms with van der Waals surface area (Å²) in [6.45, 7) is 14.2. The number of fused-ring (bicyclic) bond motifs is 1. The number of rotatable bonds is 11. The van der Waals surface area contributed by atoms with Gasteiger partial charge in [0.05, 0.1) is 11.0 Å². The molecule has 234 valence electrons. The number of hydrogen-bond acceptors (Lipinski definition) is 3. The molecule has 1 amide bonds. The second-order valence-electron chi connectivity index (χ2n) is 11.7. The fourth-order valence-electron chi connectivity index (χ4n) is 5.27. The van der Waals surface area contributed by atoms with E-state index in [1.54, 1.807) is 12.1 Å². The first kappa shape index (κ1) is 33.0. The van der Waals surface area contributed by atoms with Gasteiger partial charge in [0, 0.05) is 41.2 Å². The second kappa shape index (κ2) is 15.2. The molecule has 4 rings (SSSR count). The zero-order chi connectivity index (χ0) is 32.5. The predicted octanol–water partition coefficient (Wildman–Crippen LogP) is 7.00. The third kappa shape index (κ3) is 8.38. The molecule has 0 aliphatic heterocycles. The second-order valence-corrected chi connectivity index (χ2v) is 11.7. The summed E-state index contributed by atoms with van der Waals surface area (Å²) in [6, 6.07) is 8.66. The first-order valence-electron chi connectivity index (χ1n) is 15.4. The van der Waals surface area contributed by atoms with E-state index in [1.807, 2.05) is 26.0 Å². The van der Waals surface area contributed by atoms with E-state index in [0.717, 1.165) is 86.3 Å². The van der Waals surface area contributed by atoms with Gasteiger partial charge in [0.25, 0.3) is 0 Å². The molecule has 1 aromatic carbocycles. The maximum Gasteiger partial charge on any atom is 0.224 e. The van der Waals surface area contributed by atoms with Crippen molar-refractivity contribution in [2.24, 2.45) is 5.73 Å². The van der Waals surface area contributed by atoms with Gasteiger partial charge in [0.2, 0.25) is 5.91 Å². The van der Waals surface area contributed by atoms with Gasteiger partial charge in [0.15, 0.2) is 0 Å². The molecule has 2 aromatic heterocycles. The molecule has 0 unspecified atom stereocenters. The molecule has 1 aliphatic carbocycles. The molecule has 0 fully saturated rings. The Morgan fingerprint density at radius 3 is 2.60 bits per heavy atom. The molecule has 5 N–H and O–H groups in total. The van der Waals surface area contributed by atoms with Crippen molar-refractivity contribution in [2.45, 2.75) is 66.7 Å². The molecule has 0 bridgehead atoms. The maximum atomic E-state index is 13.7. The molecule has 0 spiro atoms. The van der Waals surface area contributed by atoms with E-state index in [9.17, 15) is 9.18 Å². The summed E-state index contributed by atoms with van der Waals surface area (Å²) in [6.07, 6.45) is 17.7. The molecule has 2 heterocycles. The molecule has 1 aliphatic rings. The number of unbranched alkanes of at least 4 members (excludes halogenated alkanes) is 1. The van der Waals surface area contributed by atoms with Gasteiger partial charge in [-0.05, 0) is 93.2 Å². The number of nitrogens with zero attached hydrogens (tertiary/aromatic N) is 1. The lowest BCUT2D eigenvalue weighted by Crippen LogP contribution is -2.26. The van der Waals surface area contributed by atoms with Gasteiger partial charge in [-0.15, -0.1) is 0 Å². The van der Waals surface area contributed by atoms with Crippen LogP contribution in [0, 0.1) is 5.82 Å². The Labute approximate surface area is 265 Å². The van der Waals surface area contributed by atoms with Gasteiger partial charge in [-0.25, -0.2) is 4.39 Å². The van der Waals surface area contributed by atoms with Crippen LogP contribution in [0.25, 0.3) is 29.2 Å². The van der Waals surface area contributed by atoms with Gasteiger partial charge in [-0.2, -0.15) is 5.10 Å². The van der Waals surface area contributed by atoms with Crippen LogP contribution >= 0.6 is 0 Å². The minimum atomic E-state index is -0.267. The Balaban J connectivity index is 1.83. The number of H-pyrrole nitrogens is 2. The molecular weight excluding hydrogens is 561 g/mol. The number of aromatic nitrogens is 3. The minimum absolute atomic E-state index is 0.0140. The largest absolute Gasteiger partial charge is 0.403 e.